The van der Waals surface area contributed by atoms with Gasteiger partial charge in [0, 0.05) is 45.1 Å². The van der Waals surface area contributed by atoms with Crippen molar-refractivity contribution in [3.8, 4) is 11.5 Å². The number of hydrogen-bond acceptors (Lipinski definition) is 7. The van der Waals surface area contributed by atoms with Crippen molar-refractivity contribution in [1.29, 1.82) is 0 Å². The maximum atomic E-state index is 12.6. The Bertz CT molecular complexity index is 793. The fourth-order valence-corrected chi connectivity index (χ4v) is 3.32. The van der Waals surface area contributed by atoms with Crippen LogP contribution in [-0.2, 0) is 11.3 Å². The summed E-state index contributed by atoms with van der Waals surface area (Å²) >= 11 is 0. The van der Waals surface area contributed by atoms with Gasteiger partial charge in [-0.25, -0.2) is 9.97 Å². The molecule has 0 bridgehead atoms. The lowest BCUT2D eigenvalue weighted by atomic mass is 10.2. The van der Waals surface area contributed by atoms with E-state index in [-0.39, 0.29) is 18.7 Å². The average molecular weight is 369 g/mol. The van der Waals surface area contributed by atoms with Crippen molar-refractivity contribution < 1.29 is 14.3 Å². The van der Waals surface area contributed by atoms with Crippen LogP contribution in [0.5, 0.6) is 11.5 Å². The molecule has 1 aromatic heterocycles. The van der Waals surface area contributed by atoms with E-state index in [0.29, 0.717) is 6.54 Å². The van der Waals surface area contributed by atoms with E-state index in [0.717, 1.165) is 49.2 Å². The van der Waals surface area contributed by atoms with E-state index in [1.54, 1.807) is 12.4 Å². The highest BCUT2D eigenvalue weighted by Crippen LogP contribution is 2.32. The minimum Gasteiger partial charge on any atom is -0.454 e. The zero-order valence-electron chi connectivity index (χ0n) is 15.3. The monoisotopic (exact) mass is 369 g/mol. The molecule has 2 aliphatic rings. The summed E-state index contributed by atoms with van der Waals surface area (Å²) in [5.74, 6) is 2.25. The summed E-state index contributed by atoms with van der Waals surface area (Å²) in [5.41, 5.74) is 0.992. The Kier molecular flexibility index (Phi) is 5.06. The van der Waals surface area contributed by atoms with E-state index in [9.17, 15) is 4.79 Å². The van der Waals surface area contributed by atoms with Crippen LogP contribution in [0.2, 0.25) is 0 Å². The van der Waals surface area contributed by atoms with Crippen molar-refractivity contribution >= 4 is 11.9 Å². The molecular formula is C19H23N5O3. The van der Waals surface area contributed by atoms with Gasteiger partial charge < -0.3 is 19.7 Å². The summed E-state index contributed by atoms with van der Waals surface area (Å²) in [4.78, 5) is 25.5. The van der Waals surface area contributed by atoms with E-state index >= 15 is 0 Å². The van der Waals surface area contributed by atoms with Gasteiger partial charge in [-0.15, -0.1) is 0 Å². The molecule has 3 heterocycles. The molecule has 4 rings (SSSR count). The number of aromatic nitrogens is 2. The molecule has 1 N–H and O–H groups in total. The number of amides is 1. The minimum atomic E-state index is -0.183. The molecule has 0 aliphatic carbocycles. The fraction of sp³-hybridized carbons (Fsp3) is 0.421. The second kappa shape index (κ2) is 7.79. The Balaban J connectivity index is 1.27. The molecule has 0 radical (unpaired) electrons. The maximum Gasteiger partial charge on any atom is 0.237 e. The summed E-state index contributed by atoms with van der Waals surface area (Å²) in [7, 11) is 0. The predicted octanol–water partition coefficient (Wildman–Crippen LogP) is 1.03. The van der Waals surface area contributed by atoms with Crippen LogP contribution in [0.4, 0.5) is 5.95 Å². The molecule has 0 saturated carbocycles. The number of anilines is 1. The third kappa shape index (κ3) is 3.95. The summed E-state index contributed by atoms with van der Waals surface area (Å²) in [6.07, 6.45) is 3.50. The highest BCUT2D eigenvalue weighted by molar-refractivity contribution is 5.81. The fourth-order valence-electron chi connectivity index (χ4n) is 3.32. The number of piperazine rings is 1. The van der Waals surface area contributed by atoms with Crippen LogP contribution in [0.15, 0.2) is 36.7 Å². The number of nitrogens with one attached hydrogen (secondary N) is 1. The summed E-state index contributed by atoms with van der Waals surface area (Å²) in [5, 5.41) is 3.01. The van der Waals surface area contributed by atoms with Crippen molar-refractivity contribution in [2.45, 2.75) is 19.5 Å². The molecule has 1 fully saturated rings. The van der Waals surface area contributed by atoms with Gasteiger partial charge in [0.15, 0.2) is 11.5 Å². The van der Waals surface area contributed by atoms with Crippen LogP contribution >= 0.6 is 0 Å². The van der Waals surface area contributed by atoms with Crippen molar-refractivity contribution in [2.75, 3.05) is 37.9 Å². The number of benzene rings is 1. The van der Waals surface area contributed by atoms with Gasteiger partial charge in [0.25, 0.3) is 0 Å². The molecule has 1 aromatic carbocycles. The van der Waals surface area contributed by atoms with Gasteiger partial charge in [-0.05, 0) is 30.7 Å². The SMILES string of the molecule is C[C@H](C(=O)NCc1ccc2c(c1)OCO2)N1CCN(c2ncccn2)CC1. The summed E-state index contributed by atoms with van der Waals surface area (Å²) in [6, 6.07) is 7.35. The van der Waals surface area contributed by atoms with Gasteiger partial charge in [-0.2, -0.15) is 0 Å². The number of nitrogens with zero attached hydrogens (tertiary/aromatic N) is 4. The lowest BCUT2D eigenvalue weighted by molar-refractivity contribution is -0.126. The van der Waals surface area contributed by atoms with Gasteiger partial charge in [0.1, 0.15) is 0 Å². The molecule has 1 saturated heterocycles. The minimum absolute atomic E-state index is 0.0251. The standard InChI is InChI=1S/C19H23N5O3/c1-14(23-7-9-24(10-8-23)19-20-5-2-6-21-19)18(25)22-12-15-3-4-16-17(11-15)27-13-26-16/h2-6,11,14H,7-10,12-13H2,1H3,(H,22,25)/t14-/m1/s1. The molecule has 0 spiro atoms. The number of fused-ring (bicyclic) bond motifs is 1. The van der Waals surface area contributed by atoms with Crippen molar-refractivity contribution in [3.63, 3.8) is 0 Å². The Morgan fingerprint density at radius 2 is 1.89 bits per heavy atom. The maximum absolute atomic E-state index is 12.6. The van der Waals surface area contributed by atoms with Crippen LogP contribution in [-0.4, -0.2) is 59.8 Å². The third-order valence-corrected chi connectivity index (χ3v) is 4.98. The summed E-state index contributed by atoms with van der Waals surface area (Å²) in [6.45, 7) is 5.89. The highest BCUT2D eigenvalue weighted by atomic mass is 16.7. The normalized spacial score (nSPS) is 17.6. The third-order valence-electron chi connectivity index (χ3n) is 4.98. The molecule has 2 aliphatic heterocycles. The van der Waals surface area contributed by atoms with E-state index < -0.39 is 0 Å². The van der Waals surface area contributed by atoms with Gasteiger partial charge in [0.05, 0.1) is 6.04 Å². The lowest BCUT2D eigenvalue weighted by Crippen LogP contribution is -2.54. The van der Waals surface area contributed by atoms with Crippen LogP contribution < -0.4 is 19.7 Å². The quantitative estimate of drug-likeness (QED) is 0.843. The Morgan fingerprint density at radius 3 is 2.67 bits per heavy atom. The van der Waals surface area contributed by atoms with Gasteiger partial charge in [-0.3, -0.25) is 9.69 Å². The Morgan fingerprint density at radius 1 is 1.15 bits per heavy atom. The van der Waals surface area contributed by atoms with Crippen molar-refractivity contribution in [1.82, 2.24) is 20.2 Å². The zero-order chi connectivity index (χ0) is 18.6. The molecule has 27 heavy (non-hydrogen) atoms. The molecule has 8 heteroatoms. The Hall–Kier alpha value is -2.87. The second-order valence-electron chi connectivity index (χ2n) is 6.65. The second-order valence-corrected chi connectivity index (χ2v) is 6.65. The molecule has 142 valence electrons. The number of carbonyl (C=O) groups is 1. The van der Waals surface area contributed by atoms with Crippen LogP contribution in [0, 0.1) is 0 Å². The summed E-state index contributed by atoms with van der Waals surface area (Å²) < 4.78 is 10.7. The predicted molar refractivity (Wildman–Crippen MR) is 99.7 cm³/mol. The van der Waals surface area contributed by atoms with Crippen LogP contribution in [0.3, 0.4) is 0 Å². The van der Waals surface area contributed by atoms with Crippen molar-refractivity contribution in [2.24, 2.45) is 0 Å². The van der Waals surface area contributed by atoms with Gasteiger partial charge >= 0.3 is 0 Å². The molecule has 1 amide bonds. The number of hydrogen-bond donors (Lipinski definition) is 1. The average Bonchev–Trinajstić information content (AvgIpc) is 3.20. The molecule has 2 aromatic rings. The first kappa shape index (κ1) is 17.5. The van der Waals surface area contributed by atoms with E-state index in [1.165, 1.54) is 0 Å². The lowest BCUT2D eigenvalue weighted by Gasteiger charge is -2.37. The van der Waals surface area contributed by atoms with E-state index in [4.69, 9.17) is 9.47 Å². The van der Waals surface area contributed by atoms with Gasteiger partial charge in [0.2, 0.25) is 18.6 Å². The number of rotatable bonds is 5. The van der Waals surface area contributed by atoms with Crippen LogP contribution in [0.25, 0.3) is 0 Å². The Labute approximate surface area is 158 Å². The van der Waals surface area contributed by atoms with E-state index in [2.05, 4.69) is 25.1 Å². The van der Waals surface area contributed by atoms with Crippen LogP contribution in [0.1, 0.15) is 12.5 Å². The van der Waals surface area contributed by atoms with Gasteiger partial charge in [-0.1, -0.05) is 6.07 Å². The van der Waals surface area contributed by atoms with E-state index in [1.807, 2.05) is 31.2 Å². The number of ether oxygens (including phenoxy) is 2. The first-order valence-corrected chi connectivity index (χ1v) is 9.13. The first-order chi connectivity index (χ1) is 13.2. The smallest absolute Gasteiger partial charge is 0.237 e. The largest absolute Gasteiger partial charge is 0.454 e. The molecule has 8 nitrogen and oxygen atoms in total. The molecular weight excluding hydrogens is 346 g/mol. The topological polar surface area (TPSA) is 79.8 Å². The number of carbonyl (C=O) groups excluding carboxylic acids is 1. The molecule has 0 unspecified atom stereocenters. The zero-order valence-corrected chi connectivity index (χ0v) is 15.3. The van der Waals surface area contributed by atoms with Crippen molar-refractivity contribution in [3.05, 3.63) is 42.2 Å². The highest BCUT2D eigenvalue weighted by Gasteiger charge is 2.26. The molecule has 1 atom stereocenters. The first-order valence-electron chi connectivity index (χ1n) is 9.13.